The van der Waals surface area contributed by atoms with Crippen molar-refractivity contribution in [2.45, 2.75) is 24.7 Å². The fraction of sp³-hybridized carbons (Fsp3) is 0.294. The van der Waals surface area contributed by atoms with Crippen LogP contribution in [0.25, 0.3) is 10.9 Å². The molecule has 0 radical (unpaired) electrons. The van der Waals surface area contributed by atoms with Gasteiger partial charge in [0.15, 0.2) is 0 Å². The molecule has 0 bridgehead atoms. The zero-order valence-electron chi connectivity index (χ0n) is 13.7. The van der Waals surface area contributed by atoms with Gasteiger partial charge in [-0.2, -0.15) is 0 Å². The van der Waals surface area contributed by atoms with Crippen LogP contribution in [-0.4, -0.2) is 41.1 Å². The number of rotatable bonds is 3. The summed E-state index contributed by atoms with van der Waals surface area (Å²) in [7, 11) is -3.37. The van der Waals surface area contributed by atoms with Gasteiger partial charge in [-0.1, -0.05) is 11.6 Å². The maximum absolute atomic E-state index is 11.6. The van der Waals surface area contributed by atoms with Crippen LogP contribution in [0.3, 0.4) is 0 Å². The summed E-state index contributed by atoms with van der Waals surface area (Å²) in [6.07, 6.45) is 5.49. The Hall–Kier alpha value is -1.96. The number of H-pyrrole nitrogens is 1. The van der Waals surface area contributed by atoms with E-state index in [9.17, 15) is 8.42 Å². The zero-order valence-corrected chi connectivity index (χ0v) is 15.2. The van der Waals surface area contributed by atoms with Gasteiger partial charge in [-0.3, -0.25) is 4.90 Å². The standard InChI is InChI=1S/C17H17ClN4O2S/c1-25(23,24)17-20-8-12-10-22(5-4-15(12)21-17)9-11-7-19-16-3-2-13(18)6-14(11)16/h2-3,6-8,19H,4-5,9-10H2,1H3. The third-order valence-electron chi connectivity index (χ3n) is 4.45. The summed E-state index contributed by atoms with van der Waals surface area (Å²) in [4.78, 5) is 13.8. The molecular weight excluding hydrogens is 360 g/mol. The van der Waals surface area contributed by atoms with E-state index in [0.717, 1.165) is 46.5 Å². The van der Waals surface area contributed by atoms with Gasteiger partial charge in [0.2, 0.25) is 15.0 Å². The van der Waals surface area contributed by atoms with Crippen LogP contribution < -0.4 is 0 Å². The van der Waals surface area contributed by atoms with Crippen LogP contribution in [-0.2, 0) is 29.3 Å². The van der Waals surface area contributed by atoms with Crippen LogP contribution in [0, 0.1) is 0 Å². The van der Waals surface area contributed by atoms with Crippen molar-refractivity contribution in [2.24, 2.45) is 0 Å². The second kappa shape index (κ2) is 6.09. The molecule has 1 N–H and O–H groups in total. The number of benzene rings is 1. The zero-order chi connectivity index (χ0) is 17.6. The number of hydrogen-bond acceptors (Lipinski definition) is 5. The average molecular weight is 377 g/mol. The molecule has 0 fully saturated rings. The monoisotopic (exact) mass is 376 g/mol. The van der Waals surface area contributed by atoms with Gasteiger partial charge in [-0.05, 0) is 23.8 Å². The Kier molecular flexibility index (Phi) is 4.02. The van der Waals surface area contributed by atoms with Gasteiger partial charge in [-0.15, -0.1) is 0 Å². The Bertz CT molecular complexity index is 1060. The van der Waals surface area contributed by atoms with Gasteiger partial charge >= 0.3 is 0 Å². The lowest BCUT2D eigenvalue weighted by atomic mass is 10.1. The van der Waals surface area contributed by atoms with Gasteiger partial charge < -0.3 is 4.98 Å². The minimum absolute atomic E-state index is 0.0917. The summed E-state index contributed by atoms with van der Waals surface area (Å²) >= 11 is 6.12. The van der Waals surface area contributed by atoms with E-state index in [1.54, 1.807) is 6.20 Å². The molecule has 3 heterocycles. The van der Waals surface area contributed by atoms with Crippen LogP contribution >= 0.6 is 11.6 Å². The van der Waals surface area contributed by atoms with E-state index in [4.69, 9.17) is 11.6 Å². The van der Waals surface area contributed by atoms with Crippen LogP contribution in [0.15, 0.2) is 35.7 Å². The number of fused-ring (bicyclic) bond motifs is 2. The maximum atomic E-state index is 11.6. The summed E-state index contributed by atoms with van der Waals surface area (Å²) in [6.45, 7) is 2.31. The van der Waals surface area contributed by atoms with Gasteiger partial charge in [0.1, 0.15) is 0 Å². The number of nitrogens with zero attached hydrogens (tertiary/aromatic N) is 3. The molecule has 2 aromatic heterocycles. The van der Waals surface area contributed by atoms with Crippen LogP contribution in [0.4, 0.5) is 0 Å². The van der Waals surface area contributed by atoms with Crippen molar-refractivity contribution in [1.29, 1.82) is 0 Å². The summed E-state index contributed by atoms with van der Waals surface area (Å²) < 4.78 is 23.2. The second-order valence-corrected chi connectivity index (χ2v) is 8.71. The molecule has 0 unspecified atom stereocenters. The highest BCUT2D eigenvalue weighted by Gasteiger charge is 2.21. The lowest BCUT2D eigenvalue weighted by molar-refractivity contribution is 0.243. The average Bonchev–Trinajstić information content (AvgIpc) is 2.95. The van der Waals surface area contributed by atoms with Gasteiger partial charge in [0.05, 0.1) is 5.69 Å². The van der Waals surface area contributed by atoms with Crippen LogP contribution in [0.2, 0.25) is 5.02 Å². The molecule has 0 saturated heterocycles. The highest BCUT2D eigenvalue weighted by Crippen LogP contribution is 2.25. The fourth-order valence-electron chi connectivity index (χ4n) is 3.19. The lowest BCUT2D eigenvalue weighted by Gasteiger charge is -2.27. The maximum Gasteiger partial charge on any atom is 0.246 e. The van der Waals surface area contributed by atoms with E-state index in [-0.39, 0.29) is 5.16 Å². The Morgan fingerprint density at radius 1 is 1.36 bits per heavy atom. The van der Waals surface area contributed by atoms with Crippen molar-refractivity contribution < 1.29 is 8.42 Å². The normalized spacial score (nSPS) is 15.4. The molecule has 0 spiro atoms. The van der Waals surface area contributed by atoms with Crippen molar-refractivity contribution in [3.63, 3.8) is 0 Å². The number of nitrogens with one attached hydrogen (secondary N) is 1. The molecule has 1 aliphatic rings. The minimum atomic E-state index is -3.37. The Balaban J connectivity index is 1.57. The lowest BCUT2D eigenvalue weighted by Crippen LogP contribution is -2.31. The van der Waals surface area contributed by atoms with E-state index in [2.05, 4.69) is 19.9 Å². The van der Waals surface area contributed by atoms with Gasteiger partial charge in [-0.25, -0.2) is 18.4 Å². The Morgan fingerprint density at radius 2 is 2.20 bits per heavy atom. The third-order valence-corrected chi connectivity index (χ3v) is 5.54. The smallest absolute Gasteiger partial charge is 0.246 e. The summed E-state index contributed by atoms with van der Waals surface area (Å²) in [5, 5.41) is 1.76. The molecule has 0 saturated carbocycles. The fourth-order valence-corrected chi connectivity index (χ4v) is 3.88. The first kappa shape index (κ1) is 16.5. The molecule has 1 aromatic carbocycles. The van der Waals surface area contributed by atoms with Crippen molar-refractivity contribution in [3.8, 4) is 0 Å². The number of aromatic nitrogens is 3. The van der Waals surface area contributed by atoms with E-state index in [1.807, 2.05) is 24.4 Å². The van der Waals surface area contributed by atoms with E-state index in [1.165, 1.54) is 5.56 Å². The third kappa shape index (κ3) is 3.27. The summed E-state index contributed by atoms with van der Waals surface area (Å²) in [5.74, 6) is 0. The number of halogens is 1. The van der Waals surface area contributed by atoms with Crippen molar-refractivity contribution in [3.05, 3.63) is 52.4 Å². The highest BCUT2D eigenvalue weighted by atomic mass is 35.5. The molecule has 8 heteroatoms. The molecule has 6 nitrogen and oxygen atoms in total. The first-order valence-corrected chi connectivity index (χ1v) is 10.2. The van der Waals surface area contributed by atoms with E-state index in [0.29, 0.717) is 13.0 Å². The van der Waals surface area contributed by atoms with Crippen molar-refractivity contribution in [2.75, 3.05) is 12.8 Å². The molecule has 0 amide bonds. The first-order valence-electron chi connectivity index (χ1n) is 7.93. The SMILES string of the molecule is CS(=O)(=O)c1ncc2c(n1)CCN(Cc1c[nH]c3ccc(Cl)cc13)C2. The minimum Gasteiger partial charge on any atom is -0.361 e. The molecule has 0 atom stereocenters. The Morgan fingerprint density at radius 3 is 3.00 bits per heavy atom. The molecule has 1 aliphatic heterocycles. The highest BCUT2D eigenvalue weighted by molar-refractivity contribution is 7.90. The predicted octanol–water partition coefficient (Wildman–Crippen LogP) is 2.57. The van der Waals surface area contributed by atoms with Crippen molar-refractivity contribution >= 4 is 32.3 Å². The molecule has 4 rings (SSSR count). The Labute approximate surface area is 150 Å². The molecule has 0 aliphatic carbocycles. The quantitative estimate of drug-likeness (QED) is 0.711. The molecule has 3 aromatic rings. The van der Waals surface area contributed by atoms with Gasteiger partial charge in [0.25, 0.3) is 0 Å². The van der Waals surface area contributed by atoms with E-state index < -0.39 is 9.84 Å². The second-order valence-electron chi connectivity index (χ2n) is 6.36. The largest absolute Gasteiger partial charge is 0.361 e. The number of aromatic amines is 1. The summed E-state index contributed by atoms with van der Waals surface area (Å²) in [5.41, 5.74) is 4.07. The summed E-state index contributed by atoms with van der Waals surface area (Å²) in [6, 6.07) is 5.83. The molecular formula is C17H17ClN4O2S. The van der Waals surface area contributed by atoms with Crippen LogP contribution in [0.5, 0.6) is 0 Å². The first-order chi connectivity index (χ1) is 11.9. The predicted molar refractivity (Wildman–Crippen MR) is 96.3 cm³/mol. The van der Waals surface area contributed by atoms with E-state index >= 15 is 0 Å². The number of sulfone groups is 1. The molecule has 25 heavy (non-hydrogen) atoms. The van der Waals surface area contributed by atoms with Crippen LogP contribution in [0.1, 0.15) is 16.8 Å². The number of hydrogen-bond donors (Lipinski definition) is 1. The topological polar surface area (TPSA) is 79.0 Å². The van der Waals surface area contributed by atoms with Crippen molar-refractivity contribution in [1.82, 2.24) is 19.9 Å². The molecule has 130 valence electrons. The van der Waals surface area contributed by atoms with Gasteiger partial charge in [0, 0.05) is 66.2 Å².